The number of aryl methyl sites for hydroxylation is 1. The Morgan fingerprint density at radius 1 is 1.11 bits per heavy atom. The Balaban J connectivity index is 1.81. The van der Waals surface area contributed by atoms with Crippen molar-refractivity contribution >= 4 is 22.7 Å². The van der Waals surface area contributed by atoms with Crippen molar-refractivity contribution in [3.63, 3.8) is 0 Å². The number of halogens is 2. The van der Waals surface area contributed by atoms with Crippen LogP contribution in [0.15, 0.2) is 65.1 Å². The van der Waals surface area contributed by atoms with E-state index < -0.39 is 17.2 Å². The van der Waals surface area contributed by atoms with Crippen molar-refractivity contribution in [2.45, 2.75) is 11.7 Å². The van der Waals surface area contributed by atoms with Gasteiger partial charge in [0.25, 0.3) is 5.56 Å². The summed E-state index contributed by atoms with van der Waals surface area (Å²) in [5.41, 5.74) is 0.0711. The van der Waals surface area contributed by atoms with E-state index in [1.807, 2.05) is 0 Å². The van der Waals surface area contributed by atoms with Crippen LogP contribution in [0.2, 0.25) is 0 Å². The SMILES string of the molecule is O=c1c2ccccc2nc(SCCn2cncn2)n1-c1ccc(F)cc1F. The second-order valence-electron chi connectivity index (χ2n) is 5.65. The first kappa shape index (κ1) is 17.3. The lowest BCUT2D eigenvalue weighted by Crippen LogP contribution is -2.23. The van der Waals surface area contributed by atoms with Crippen LogP contribution in [0.3, 0.4) is 0 Å². The Kier molecular flexibility index (Phi) is 4.68. The van der Waals surface area contributed by atoms with Crippen molar-refractivity contribution in [2.24, 2.45) is 0 Å². The third-order valence-corrected chi connectivity index (χ3v) is 4.83. The number of nitrogens with zero attached hydrogens (tertiary/aromatic N) is 5. The molecule has 0 N–H and O–H groups in total. The molecule has 4 rings (SSSR count). The lowest BCUT2D eigenvalue weighted by Gasteiger charge is -2.14. The molecule has 136 valence electrons. The summed E-state index contributed by atoms with van der Waals surface area (Å²) in [5, 5.41) is 4.71. The number of para-hydroxylation sites is 1. The zero-order chi connectivity index (χ0) is 18.8. The van der Waals surface area contributed by atoms with Crippen molar-refractivity contribution in [3.05, 3.63) is 77.1 Å². The zero-order valence-electron chi connectivity index (χ0n) is 13.9. The molecule has 0 aliphatic heterocycles. The molecule has 0 saturated carbocycles. The molecule has 6 nitrogen and oxygen atoms in total. The molecule has 0 amide bonds. The van der Waals surface area contributed by atoms with Crippen LogP contribution >= 0.6 is 11.8 Å². The van der Waals surface area contributed by atoms with Crippen LogP contribution in [0.1, 0.15) is 0 Å². The second kappa shape index (κ2) is 7.28. The molecular formula is C18H13F2N5OS. The molecule has 27 heavy (non-hydrogen) atoms. The monoisotopic (exact) mass is 385 g/mol. The molecule has 0 unspecified atom stereocenters. The molecule has 2 heterocycles. The van der Waals surface area contributed by atoms with Crippen LogP contribution in [0, 0.1) is 11.6 Å². The molecule has 4 aromatic rings. The van der Waals surface area contributed by atoms with Crippen molar-refractivity contribution in [1.82, 2.24) is 24.3 Å². The molecule has 0 radical (unpaired) electrons. The van der Waals surface area contributed by atoms with E-state index in [1.165, 1.54) is 28.7 Å². The third-order valence-electron chi connectivity index (χ3n) is 3.91. The first-order valence-electron chi connectivity index (χ1n) is 8.06. The topological polar surface area (TPSA) is 65.6 Å². The van der Waals surface area contributed by atoms with Gasteiger partial charge in [-0.05, 0) is 24.3 Å². The normalized spacial score (nSPS) is 11.2. The highest BCUT2D eigenvalue weighted by molar-refractivity contribution is 7.99. The summed E-state index contributed by atoms with van der Waals surface area (Å²) in [6, 6.07) is 9.96. The minimum absolute atomic E-state index is 0.0390. The summed E-state index contributed by atoms with van der Waals surface area (Å²) >= 11 is 1.28. The Morgan fingerprint density at radius 2 is 1.96 bits per heavy atom. The van der Waals surface area contributed by atoms with Gasteiger partial charge in [0.15, 0.2) is 5.16 Å². The van der Waals surface area contributed by atoms with Gasteiger partial charge < -0.3 is 0 Å². The number of fused-ring (bicyclic) bond motifs is 1. The number of hydrogen-bond acceptors (Lipinski definition) is 5. The summed E-state index contributed by atoms with van der Waals surface area (Å²) in [6.07, 6.45) is 3.02. The summed E-state index contributed by atoms with van der Waals surface area (Å²) in [6.45, 7) is 0.541. The van der Waals surface area contributed by atoms with E-state index in [4.69, 9.17) is 0 Å². The smallest absolute Gasteiger partial charge is 0.266 e. The minimum atomic E-state index is -0.827. The van der Waals surface area contributed by atoms with Gasteiger partial charge in [-0.15, -0.1) is 0 Å². The molecule has 9 heteroatoms. The lowest BCUT2D eigenvalue weighted by molar-refractivity contribution is 0.572. The highest BCUT2D eigenvalue weighted by Crippen LogP contribution is 2.23. The van der Waals surface area contributed by atoms with Crippen molar-refractivity contribution in [3.8, 4) is 5.69 Å². The van der Waals surface area contributed by atoms with Gasteiger partial charge in [0.1, 0.15) is 24.3 Å². The fourth-order valence-corrected chi connectivity index (χ4v) is 3.60. The molecule has 2 aromatic carbocycles. The van der Waals surface area contributed by atoms with E-state index in [0.29, 0.717) is 28.4 Å². The van der Waals surface area contributed by atoms with Crippen LogP contribution < -0.4 is 5.56 Å². The molecule has 0 spiro atoms. The minimum Gasteiger partial charge on any atom is -0.268 e. The lowest BCUT2D eigenvalue weighted by atomic mass is 10.2. The van der Waals surface area contributed by atoms with E-state index >= 15 is 0 Å². The molecule has 0 aliphatic carbocycles. The number of thioether (sulfide) groups is 1. The van der Waals surface area contributed by atoms with Gasteiger partial charge in [-0.25, -0.2) is 18.7 Å². The van der Waals surface area contributed by atoms with Gasteiger partial charge in [-0.1, -0.05) is 23.9 Å². The Labute approximate surface area is 156 Å². The number of aromatic nitrogens is 5. The number of rotatable bonds is 5. The number of benzene rings is 2. The fourth-order valence-electron chi connectivity index (χ4n) is 2.66. The maximum absolute atomic E-state index is 14.4. The third kappa shape index (κ3) is 3.45. The Morgan fingerprint density at radius 3 is 2.74 bits per heavy atom. The first-order chi connectivity index (χ1) is 13.1. The van der Waals surface area contributed by atoms with Crippen molar-refractivity contribution < 1.29 is 8.78 Å². The average molecular weight is 385 g/mol. The van der Waals surface area contributed by atoms with E-state index in [0.717, 1.165) is 12.1 Å². The quantitative estimate of drug-likeness (QED) is 0.390. The maximum Gasteiger partial charge on any atom is 0.266 e. The van der Waals surface area contributed by atoms with E-state index in [1.54, 1.807) is 35.3 Å². The largest absolute Gasteiger partial charge is 0.268 e. The molecule has 0 fully saturated rings. The predicted molar refractivity (Wildman–Crippen MR) is 98.0 cm³/mol. The van der Waals surface area contributed by atoms with Crippen LogP contribution in [0.25, 0.3) is 16.6 Å². The first-order valence-corrected chi connectivity index (χ1v) is 9.04. The maximum atomic E-state index is 14.4. The van der Waals surface area contributed by atoms with E-state index in [2.05, 4.69) is 15.1 Å². The summed E-state index contributed by atoms with van der Waals surface area (Å²) < 4.78 is 30.5. The van der Waals surface area contributed by atoms with Crippen LogP contribution in [-0.4, -0.2) is 30.1 Å². The summed E-state index contributed by atoms with van der Waals surface area (Å²) in [7, 11) is 0. The van der Waals surface area contributed by atoms with Crippen LogP contribution in [0.4, 0.5) is 8.78 Å². The van der Waals surface area contributed by atoms with Gasteiger partial charge >= 0.3 is 0 Å². The molecule has 2 aromatic heterocycles. The molecule has 0 atom stereocenters. The second-order valence-corrected chi connectivity index (χ2v) is 6.72. The van der Waals surface area contributed by atoms with Crippen LogP contribution in [-0.2, 0) is 6.54 Å². The zero-order valence-corrected chi connectivity index (χ0v) is 14.7. The Bertz CT molecular complexity index is 1160. The molecule has 0 saturated heterocycles. The van der Waals surface area contributed by atoms with E-state index in [9.17, 15) is 13.6 Å². The highest BCUT2D eigenvalue weighted by atomic mass is 32.2. The van der Waals surface area contributed by atoms with Gasteiger partial charge in [0.2, 0.25) is 0 Å². The van der Waals surface area contributed by atoms with Crippen molar-refractivity contribution in [1.29, 1.82) is 0 Å². The van der Waals surface area contributed by atoms with Gasteiger partial charge in [0, 0.05) is 11.8 Å². The number of hydrogen-bond donors (Lipinski definition) is 0. The van der Waals surface area contributed by atoms with Gasteiger partial charge in [-0.2, -0.15) is 5.10 Å². The summed E-state index contributed by atoms with van der Waals surface area (Å²) in [5.74, 6) is -0.998. The average Bonchev–Trinajstić information content (AvgIpc) is 3.17. The standard InChI is InChI=1S/C18H13F2N5OS/c19-12-5-6-16(14(20)9-12)25-17(26)13-3-1-2-4-15(13)23-18(25)27-8-7-24-11-21-10-22-24/h1-6,9-11H,7-8H2. The molecule has 0 bridgehead atoms. The molecule has 0 aliphatic rings. The fraction of sp³-hybridized carbons (Fsp3) is 0.111. The van der Waals surface area contributed by atoms with Gasteiger partial charge in [-0.3, -0.25) is 14.0 Å². The summed E-state index contributed by atoms with van der Waals surface area (Å²) in [4.78, 5) is 21.4. The van der Waals surface area contributed by atoms with E-state index in [-0.39, 0.29) is 5.69 Å². The van der Waals surface area contributed by atoms with Crippen LogP contribution in [0.5, 0.6) is 0 Å². The van der Waals surface area contributed by atoms with Crippen molar-refractivity contribution in [2.75, 3.05) is 5.75 Å². The highest BCUT2D eigenvalue weighted by Gasteiger charge is 2.16. The van der Waals surface area contributed by atoms with Gasteiger partial charge in [0.05, 0.1) is 23.1 Å². The predicted octanol–water partition coefficient (Wildman–Crippen LogP) is 3.05. The molecular weight excluding hydrogens is 372 g/mol. The Hall–Kier alpha value is -3.07.